The van der Waals surface area contributed by atoms with Gasteiger partial charge in [-0.1, -0.05) is 12.1 Å². The highest BCUT2D eigenvalue weighted by molar-refractivity contribution is 7.18. The van der Waals surface area contributed by atoms with Crippen LogP contribution in [0.15, 0.2) is 29.4 Å². The Morgan fingerprint density at radius 3 is 2.62 bits per heavy atom. The molecule has 2 rings (SSSR count). The maximum absolute atomic E-state index is 13.2. The van der Waals surface area contributed by atoms with Crippen molar-refractivity contribution in [3.8, 4) is 0 Å². The minimum absolute atomic E-state index is 0.0322. The summed E-state index contributed by atoms with van der Waals surface area (Å²) in [6, 6.07) is 6.35. The number of carbonyl (C=O) groups is 2. The molecule has 1 aromatic heterocycles. The molecule has 108 valence electrons. The van der Waals surface area contributed by atoms with E-state index in [0.717, 1.165) is 0 Å². The molecule has 0 saturated carbocycles. The van der Waals surface area contributed by atoms with Crippen molar-refractivity contribution < 1.29 is 19.0 Å². The quantitative estimate of drug-likeness (QED) is 0.847. The first kappa shape index (κ1) is 14.7. The number of anilines is 2. The number of benzene rings is 1. The van der Waals surface area contributed by atoms with Crippen molar-refractivity contribution in [2.75, 3.05) is 10.6 Å². The zero-order chi connectivity index (χ0) is 15.4. The highest BCUT2D eigenvalue weighted by atomic mass is 32.1. The zero-order valence-electron chi connectivity index (χ0n) is 10.8. The van der Waals surface area contributed by atoms with E-state index in [1.54, 1.807) is 18.2 Å². The van der Waals surface area contributed by atoms with Gasteiger partial charge in [-0.2, -0.15) is 9.71 Å². The standard InChI is InChI=1S/C12H9FN4O3S/c1-6(18)14-8-5-3-2-4-7(8)10(19)16-12-15-9(13)11(17-20)21-12/h2-5H,1H3,(H,14,18)(H,15,16,19)/p+1. The molecule has 0 aliphatic rings. The highest BCUT2D eigenvalue weighted by Gasteiger charge is 2.22. The molecule has 9 heteroatoms. The van der Waals surface area contributed by atoms with E-state index in [2.05, 4.69) is 20.8 Å². The molecule has 1 aromatic carbocycles. The van der Waals surface area contributed by atoms with E-state index >= 15 is 0 Å². The Balaban J connectivity index is 2.23. The van der Waals surface area contributed by atoms with Crippen molar-refractivity contribution in [3.05, 3.63) is 40.7 Å². The Morgan fingerprint density at radius 2 is 2.00 bits per heavy atom. The summed E-state index contributed by atoms with van der Waals surface area (Å²) in [5, 5.41) is 7.05. The monoisotopic (exact) mass is 309 g/mol. The van der Waals surface area contributed by atoms with Crippen molar-refractivity contribution in [2.24, 2.45) is 5.18 Å². The summed E-state index contributed by atoms with van der Waals surface area (Å²) in [6.07, 6.45) is 0. The molecule has 21 heavy (non-hydrogen) atoms. The zero-order valence-corrected chi connectivity index (χ0v) is 11.6. The van der Waals surface area contributed by atoms with Crippen molar-refractivity contribution >= 4 is 39.0 Å². The van der Waals surface area contributed by atoms with Crippen LogP contribution >= 0.6 is 11.3 Å². The first-order valence-electron chi connectivity index (χ1n) is 5.74. The average Bonchev–Trinajstić information content (AvgIpc) is 2.78. The maximum atomic E-state index is 13.2. The van der Waals surface area contributed by atoms with Gasteiger partial charge in [0.25, 0.3) is 0 Å². The summed E-state index contributed by atoms with van der Waals surface area (Å²) >= 11 is 0.673. The molecule has 0 fully saturated rings. The van der Waals surface area contributed by atoms with Crippen molar-refractivity contribution in [2.45, 2.75) is 6.92 Å². The van der Waals surface area contributed by atoms with E-state index < -0.39 is 11.9 Å². The third-order valence-corrected chi connectivity index (χ3v) is 3.26. The van der Waals surface area contributed by atoms with E-state index in [-0.39, 0.29) is 21.6 Å². The number of nitroso groups, excluding NO2 is 1. The smallest absolute Gasteiger partial charge is 0.326 e. The lowest BCUT2D eigenvalue weighted by atomic mass is 10.1. The van der Waals surface area contributed by atoms with Crippen LogP contribution in [0, 0.1) is 10.9 Å². The lowest BCUT2D eigenvalue weighted by Crippen LogP contribution is -2.20. The van der Waals surface area contributed by atoms with E-state index in [1.807, 2.05) is 0 Å². The molecule has 2 aromatic rings. The molecule has 0 unspecified atom stereocenters. The molecule has 0 aliphatic heterocycles. The number of hydrogen-bond donors (Lipinski definition) is 2. The summed E-state index contributed by atoms with van der Waals surface area (Å²) < 4.78 is 13.2. The second kappa shape index (κ2) is 6.18. The van der Waals surface area contributed by atoms with Gasteiger partial charge in [0.2, 0.25) is 10.9 Å². The number of carbonyl (C=O) groups excluding carboxylic acids is 2. The van der Waals surface area contributed by atoms with Gasteiger partial charge in [-0.15, -0.1) is 4.91 Å². The summed E-state index contributed by atoms with van der Waals surface area (Å²) in [6.45, 7) is 1.32. The number of rotatable bonds is 4. The fourth-order valence-electron chi connectivity index (χ4n) is 1.59. The molecule has 7 nitrogen and oxygen atoms in total. The predicted octanol–water partition coefficient (Wildman–Crippen LogP) is 2.31. The third kappa shape index (κ3) is 3.45. The molecular weight excluding hydrogens is 299 g/mol. The average molecular weight is 309 g/mol. The third-order valence-electron chi connectivity index (χ3n) is 2.40. The van der Waals surface area contributed by atoms with Crippen LogP contribution < -0.4 is 15.6 Å². The Morgan fingerprint density at radius 1 is 1.29 bits per heavy atom. The normalized spacial score (nSPS) is 10.0. The molecule has 0 aliphatic carbocycles. The molecule has 3 N–H and O–H groups in total. The number of aromatic nitrogens is 1. The molecule has 0 saturated heterocycles. The maximum Gasteiger partial charge on any atom is 0.343 e. The van der Waals surface area contributed by atoms with Crippen LogP contribution in [0.25, 0.3) is 0 Å². The number of aromatic amines is 1. The number of thiazole rings is 1. The van der Waals surface area contributed by atoms with E-state index in [1.165, 1.54) is 13.0 Å². The molecule has 0 atom stereocenters. The summed E-state index contributed by atoms with van der Waals surface area (Å²) in [5.74, 6) is -1.80. The Bertz CT molecular complexity index is 716. The lowest BCUT2D eigenvalue weighted by Gasteiger charge is -2.06. The first-order chi connectivity index (χ1) is 10.0. The number of nitrogens with one attached hydrogen (secondary N) is 3. The molecule has 2 amide bonds. The van der Waals surface area contributed by atoms with Crippen LogP contribution in [0.5, 0.6) is 0 Å². The van der Waals surface area contributed by atoms with Gasteiger partial charge in [0.15, 0.2) is 0 Å². The number of amides is 2. The van der Waals surface area contributed by atoms with Gasteiger partial charge in [0.1, 0.15) is 0 Å². The van der Waals surface area contributed by atoms with Crippen molar-refractivity contribution in [1.82, 2.24) is 0 Å². The van der Waals surface area contributed by atoms with Crippen molar-refractivity contribution in [1.29, 1.82) is 0 Å². The van der Waals surface area contributed by atoms with Gasteiger partial charge in [-0.3, -0.25) is 4.79 Å². The number of H-pyrrole nitrogens is 1. The second-order valence-electron chi connectivity index (χ2n) is 3.95. The van der Waals surface area contributed by atoms with E-state index in [9.17, 15) is 18.9 Å². The first-order valence-corrected chi connectivity index (χ1v) is 6.56. The van der Waals surface area contributed by atoms with Crippen LogP contribution in [-0.2, 0) is 4.79 Å². The Labute approximate surface area is 122 Å². The van der Waals surface area contributed by atoms with Gasteiger partial charge >= 0.3 is 17.0 Å². The topological polar surface area (TPSA) is 102 Å². The van der Waals surface area contributed by atoms with Gasteiger partial charge in [0, 0.05) is 6.92 Å². The van der Waals surface area contributed by atoms with Gasteiger partial charge in [-0.25, -0.2) is 9.78 Å². The molecule has 1 heterocycles. The van der Waals surface area contributed by atoms with Crippen LogP contribution in [0.2, 0.25) is 0 Å². The molecule has 0 bridgehead atoms. The highest BCUT2D eigenvalue weighted by Crippen LogP contribution is 2.26. The van der Waals surface area contributed by atoms with Crippen LogP contribution in [0.1, 0.15) is 17.3 Å². The predicted molar refractivity (Wildman–Crippen MR) is 75.0 cm³/mol. The van der Waals surface area contributed by atoms with Crippen molar-refractivity contribution in [3.63, 3.8) is 0 Å². The lowest BCUT2D eigenvalue weighted by molar-refractivity contribution is -0.398. The van der Waals surface area contributed by atoms with Crippen LogP contribution in [0.3, 0.4) is 0 Å². The molecule has 0 radical (unpaired) electrons. The minimum Gasteiger partial charge on any atom is -0.326 e. The summed E-state index contributed by atoms with van der Waals surface area (Å²) in [4.78, 5) is 35.7. The second-order valence-corrected chi connectivity index (χ2v) is 4.95. The number of halogens is 1. The van der Waals surface area contributed by atoms with Gasteiger partial charge in [-0.05, 0) is 28.6 Å². The summed E-state index contributed by atoms with van der Waals surface area (Å²) in [5.41, 5.74) is 0.531. The Kier molecular flexibility index (Phi) is 4.33. The fraction of sp³-hybridized carbons (Fsp3) is 0.0833. The largest absolute Gasteiger partial charge is 0.343 e. The van der Waals surface area contributed by atoms with Gasteiger partial charge < -0.3 is 5.32 Å². The fourth-order valence-corrected chi connectivity index (χ4v) is 2.24. The number of para-hydroxylation sites is 1. The molecule has 0 spiro atoms. The van der Waals surface area contributed by atoms with E-state index in [4.69, 9.17) is 0 Å². The summed E-state index contributed by atoms with van der Waals surface area (Å²) in [7, 11) is 0. The number of nitrogens with zero attached hydrogens (tertiary/aromatic N) is 1. The Hall–Kier alpha value is -2.68. The minimum atomic E-state index is -0.916. The SMILES string of the molecule is CC(=O)Nc1ccccc1C(=O)Nc1[nH+]c(F)c(N=O)s1. The molecular formula is C12H10FN4O3S+. The van der Waals surface area contributed by atoms with E-state index in [0.29, 0.717) is 17.0 Å². The van der Waals surface area contributed by atoms with Crippen LogP contribution in [-0.4, -0.2) is 11.8 Å². The van der Waals surface area contributed by atoms with Crippen LogP contribution in [0.4, 0.5) is 20.2 Å². The number of hydrogen-bond acceptors (Lipinski definition) is 5. The van der Waals surface area contributed by atoms with Gasteiger partial charge in [0.05, 0.1) is 11.3 Å².